The summed E-state index contributed by atoms with van der Waals surface area (Å²) in [5, 5.41) is 12.1. The summed E-state index contributed by atoms with van der Waals surface area (Å²) in [6.07, 6.45) is 4.92. The third-order valence-electron chi connectivity index (χ3n) is 8.82. The number of rotatable bonds is 6. The minimum atomic E-state index is -0.540. The van der Waals surface area contributed by atoms with E-state index >= 15 is 0 Å². The fourth-order valence-electron chi connectivity index (χ4n) is 6.60. The topological polar surface area (TPSA) is 123 Å². The molecule has 4 aliphatic rings. The van der Waals surface area contributed by atoms with Crippen LogP contribution in [0.15, 0.2) is 12.3 Å². The van der Waals surface area contributed by atoms with Crippen LogP contribution in [0.4, 0.5) is 21.2 Å². The van der Waals surface area contributed by atoms with Crippen molar-refractivity contribution in [1.82, 2.24) is 24.4 Å². The van der Waals surface area contributed by atoms with E-state index in [9.17, 15) is 9.59 Å². The molecule has 2 unspecified atom stereocenters. The molecule has 5 heterocycles. The average molecular weight is 584 g/mol. The van der Waals surface area contributed by atoms with Crippen LogP contribution in [-0.2, 0) is 14.2 Å². The predicted molar refractivity (Wildman–Crippen MR) is 158 cm³/mol. The van der Waals surface area contributed by atoms with E-state index in [0.29, 0.717) is 56.0 Å². The number of ether oxygens (including phenoxy) is 3. The van der Waals surface area contributed by atoms with Crippen LogP contribution in [0.3, 0.4) is 0 Å². The highest BCUT2D eigenvalue weighted by molar-refractivity contribution is 5.71. The second-order valence-corrected chi connectivity index (χ2v) is 13.7. The first-order valence-corrected chi connectivity index (χ1v) is 15.5. The number of hydrogen-bond acceptors (Lipinski definition) is 9. The lowest BCUT2D eigenvalue weighted by atomic mass is 10.0. The van der Waals surface area contributed by atoms with Gasteiger partial charge in [0.15, 0.2) is 5.65 Å². The van der Waals surface area contributed by atoms with Crippen LogP contribution in [0.1, 0.15) is 71.8 Å². The van der Waals surface area contributed by atoms with Crippen LogP contribution >= 0.6 is 0 Å². The first-order chi connectivity index (χ1) is 20.0. The van der Waals surface area contributed by atoms with E-state index in [1.165, 1.54) is 0 Å². The summed E-state index contributed by atoms with van der Waals surface area (Å²) in [6.45, 7) is 13.6. The van der Waals surface area contributed by atoms with Gasteiger partial charge < -0.3 is 34.6 Å². The lowest BCUT2D eigenvalue weighted by Crippen LogP contribution is -2.57. The Hall–Kier alpha value is -3.28. The van der Waals surface area contributed by atoms with Gasteiger partial charge in [0.1, 0.15) is 23.3 Å². The van der Waals surface area contributed by atoms with E-state index in [1.54, 1.807) is 4.90 Å². The van der Waals surface area contributed by atoms with Crippen molar-refractivity contribution in [3.63, 3.8) is 0 Å². The average Bonchev–Trinajstić information content (AvgIpc) is 3.59. The molecular weight excluding hydrogens is 538 g/mol. The number of anilines is 2. The van der Waals surface area contributed by atoms with Crippen LogP contribution in [0.5, 0.6) is 0 Å². The molecule has 1 saturated carbocycles. The van der Waals surface area contributed by atoms with Crippen molar-refractivity contribution in [2.45, 2.75) is 90.0 Å². The Kier molecular flexibility index (Phi) is 7.84. The largest absolute Gasteiger partial charge is 0.444 e. The van der Waals surface area contributed by atoms with Crippen molar-refractivity contribution in [3.8, 4) is 0 Å². The predicted octanol–water partition coefficient (Wildman–Crippen LogP) is 4.32. The van der Waals surface area contributed by atoms with Crippen LogP contribution in [0.2, 0.25) is 0 Å². The van der Waals surface area contributed by atoms with E-state index in [4.69, 9.17) is 24.3 Å². The van der Waals surface area contributed by atoms with Crippen molar-refractivity contribution in [2.24, 2.45) is 11.8 Å². The molecule has 1 aliphatic carbocycles. The highest BCUT2D eigenvalue weighted by Crippen LogP contribution is 2.40. The summed E-state index contributed by atoms with van der Waals surface area (Å²) in [7, 11) is 0. The molecule has 2 aromatic heterocycles. The van der Waals surface area contributed by atoms with Crippen LogP contribution in [0, 0.1) is 11.8 Å². The summed E-state index contributed by atoms with van der Waals surface area (Å²) < 4.78 is 18.6. The van der Waals surface area contributed by atoms with Gasteiger partial charge in [0, 0.05) is 50.0 Å². The third kappa shape index (κ3) is 6.23. The molecule has 2 amide bonds. The van der Waals surface area contributed by atoms with E-state index < -0.39 is 5.60 Å². The molecule has 0 aromatic carbocycles. The molecule has 6 rings (SSSR count). The summed E-state index contributed by atoms with van der Waals surface area (Å²) >= 11 is 0. The van der Waals surface area contributed by atoms with Gasteiger partial charge >= 0.3 is 12.2 Å². The summed E-state index contributed by atoms with van der Waals surface area (Å²) in [6, 6.07) is 2.72. The minimum absolute atomic E-state index is 0.275. The Bertz CT molecular complexity index is 1280. The Morgan fingerprint density at radius 1 is 0.976 bits per heavy atom. The maximum atomic E-state index is 12.9. The minimum Gasteiger partial charge on any atom is -0.444 e. The normalized spacial score (nSPS) is 25.0. The molecule has 0 spiro atoms. The Morgan fingerprint density at radius 2 is 1.64 bits per heavy atom. The van der Waals surface area contributed by atoms with Crippen molar-refractivity contribution in [3.05, 3.63) is 17.8 Å². The summed E-state index contributed by atoms with van der Waals surface area (Å²) in [4.78, 5) is 33.4. The Morgan fingerprint density at radius 3 is 2.29 bits per heavy atom. The van der Waals surface area contributed by atoms with Gasteiger partial charge in [-0.3, -0.25) is 0 Å². The third-order valence-corrected chi connectivity index (χ3v) is 8.82. The number of carbonyl (C=O) groups excluding carboxylic acids is 2. The molecule has 42 heavy (non-hydrogen) atoms. The molecule has 2 N–H and O–H groups in total. The highest BCUT2D eigenvalue weighted by Gasteiger charge is 2.44. The van der Waals surface area contributed by atoms with Crippen molar-refractivity contribution in [2.75, 3.05) is 50.0 Å². The molecule has 3 saturated heterocycles. The zero-order valence-corrected chi connectivity index (χ0v) is 25.5. The van der Waals surface area contributed by atoms with Crippen molar-refractivity contribution < 1.29 is 23.8 Å². The van der Waals surface area contributed by atoms with Gasteiger partial charge in [-0.25, -0.2) is 14.6 Å². The number of fused-ring (bicyclic) bond motifs is 2. The zero-order valence-electron chi connectivity index (χ0n) is 25.5. The van der Waals surface area contributed by atoms with Crippen LogP contribution in [0.25, 0.3) is 5.65 Å². The van der Waals surface area contributed by atoms with Crippen molar-refractivity contribution >= 4 is 29.5 Å². The lowest BCUT2D eigenvalue weighted by molar-refractivity contribution is -0.0428. The van der Waals surface area contributed by atoms with Gasteiger partial charge in [-0.2, -0.15) is 9.61 Å². The first kappa shape index (κ1) is 28.8. The molecular formula is C30H45N7O5. The molecule has 2 aromatic rings. The van der Waals surface area contributed by atoms with Crippen LogP contribution < -0.4 is 10.6 Å². The quantitative estimate of drug-likeness (QED) is 0.512. The molecule has 3 aliphatic heterocycles. The van der Waals surface area contributed by atoms with Gasteiger partial charge in [0.25, 0.3) is 0 Å². The van der Waals surface area contributed by atoms with E-state index in [1.807, 2.05) is 36.4 Å². The van der Waals surface area contributed by atoms with Gasteiger partial charge in [0.05, 0.1) is 19.3 Å². The standard InChI is InChI=1S/C30H45N7O5/c1-18(2)24-13-31-37-26(12-25(34-27(24)37)32-21-6-8-40-9-7-21)33-22-10-19-14-35(15-20(19)11-22)28(38)41-23-16-36(17-23)29(39)42-30(3,4)5/h12-13,18-23,33H,6-11,14-17H2,1-5H3,(H,32,34). The zero-order chi connectivity index (χ0) is 29.6. The molecule has 4 fully saturated rings. The number of hydrogen-bond donors (Lipinski definition) is 2. The molecule has 0 bridgehead atoms. The SMILES string of the molecule is CC(C)c1cnn2c(NC3CC4CN(C(=O)OC5CN(C(=O)OC(C)(C)C)C5)CC4C3)cc(NC3CCOCC3)nc12. The van der Waals surface area contributed by atoms with Gasteiger partial charge in [0.2, 0.25) is 0 Å². The smallest absolute Gasteiger partial charge is 0.410 e. The van der Waals surface area contributed by atoms with Gasteiger partial charge in [-0.05, 0) is 64.2 Å². The second kappa shape index (κ2) is 11.4. The number of carbonyl (C=O) groups is 2. The number of nitrogens with zero attached hydrogens (tertiary/aromatic N) is 5. The maximum absolute atomic E-state index is 12.9. The van der Waals surface area contributed by atoms with Gasteiger partial charge in [-0.1, -0.05) is 13.8 Å². The summed E-state index contributed by atoms with van der Waals surface area (Å²) in [5.41, 5.74) is 1.48. The summed E-state index contributed by atoms with van der Waals surface area (Å²) in [5.74, 6) is 2.99. The molecule has 12 heteroatoms. The molecule has 0 radical (unpaired) electrons. The number of likely N-dealkylation sites (tertiary alicyclic amines) is 2. The molecule has 230 valence electrons. The van der Waals surface area contributed by atoms with Crippen LogP contribution in [-0.4, -0.2) is 99.8 Å². The van der Waals surface area contributed by atoms with Crippen molar-refractivity contribution in [1.29, 1.82) is 0 Å². The fourth-order valence-corrected chi connectivity index (χ4v) is 6.60. The maximum Gasteiger partial charge on any atom is 0.410 e. The second-order valence-electron chi connectivity index (χ2n) is 13.7. The molecule has 12 nitrogen and oxygen atoms in total. The van der Waals surface area contributed by atoms with Gasteiger partial charge in [-0.15, -0.1) is 0 Å². The number of amides is 2. The monoisotopic (exact) mass is 583 g/mol. The number of nitrogens with one attached hydrogen (secondary N) is 2. The number of aromatic nitrogens is 3. The van der Waals surface area contributed by atoms with E-state index in [-0.39, 0.29) is 18.3 Å². The highest BCUT2D eigenvalue weighted by atomic mass is 16.6. The Balaban J connectivity index is 1.04. The van der Waals surface area contributed by atoms with E-state index in [0.717, 1.165) is 61.7 Å². The Labute approximate surface area is 247 Å². The lowest BCUT2D eigenvalue weighted by Gasteiger charge is -2.39. The molecule has 2 atom stereocenters. The fraction of sp³-hybridized carbons (Fsp3) is 0.733. The van der Waals surface area contributed by atoms with E-state index in [2.05, 4.69) is 30.5 Å². The first-order valence-electron chi connectivity index (χ1n) is 15.5.